The Morgan fingerprint density at radius 3 is 2.79 bits per heavy atom. The summed E-state index contributed by atoms with van der Waals surface area (Å²) in [5.41, 5.74) is 0.544. The summed E-state index contributed by atoms with van der Waals surface area (Å²) < 4.78 is 10.4. The van der Waals surface area contributed by atoms with Crippen LogP contribution in [0.1, 0.15) is 13.3 Å². The van der Waals surface area contributed by atoms with Crippen molar-refractivity contribution in [3.8, 4) is 11.5 Å². The second-order valence-corrected chi connectivity index (χ2v) is 6.17. The van der Waals surface area contributed by atoms with Crippen LogP contribution in [0, 0.1) is 10.1 Å². The van der Waals surface area contributed by atoms with Crippen LogP contribution in [0.25, 0.3) is 0 Å². The Kier molecular flexibility index (Phi) is 3.14. The van der Waals surface area contributed by atoms with Crippen LogP contribution in [0.4, 0.5) is 11.4 Å². The summed E-state index contributed by atoms with van der Waals surface area (Å²) >= 11 is 1.88. The van der Waals surface area contributed by atoms with Crippen molar-refractivity contribution in [3.63, 3.8) is 0 Å². The summed E-state index contributed by atoms with van der Waals surface area (Å²) in [7, 11) is 0. The van der Waals surface area contributed by atoms with Crippen molar-refractivity contribution in [3.05, 3.63) is 22.2 Å². The van der Waals surface area contributed by atoms with Crippen molar-refractivity contribution in [2.24, 2.45) is 0 Å². The number of hydrogen-bond donors (Lipinski definition) is 1. The molecule has 2 atom stereocenters. The molecular formula is C12H14N2O4S. The molecule has 0 aromatic heterocycles. The normalized spacial score (nSPS) is 24.5. The highest BCUT2D eigenvalue weighted by Crippen LogP contribution is 2.41. The number of nitrogens with zero attached hydrogens (tertiary/aromatic N) is 1. The lowest BCUT2D eigenvalue weighted by Crippen LogP contribution is -2.19. The molecule has 0 spiro atoms. The number of thioether (sulfide) groups is 1. The van der Waals surface area contributed by atoms with Crippen LogP contribution in [-0.2, 0) is 0 Å². The Bertz CT molecular complexity index is 523. The highest BCUT2D eigenvalue weighted by molar-refractivity contribution is 8.00. The molecule has 1 aromatic rings. The minimum Gasteiger partial charge on any atom is -0.454 e. The maximum absolute atomic E-state index is 11.1. The van der Waals surface area contributed by atoms with Crippen molar-refractivity contribution in [1.29, 1.82) is 0 Å². The lowest BCUT2D eigenvalue weighted by molar-refractivity contribution is -0.384. The van der Waals surface area contributed by atoms with Crippen molar-refractivity contribution in [1.82, 2.24) is 0 Å². The molecule has 1 saturated heterocycles. The number of nitrogens with one attached hydrogen (secondary N) is 1. The average molecular weight is 282 g/mol. The Morgan fingerprint density at radius 1 is 1.42 bits per heavy atom. The smallest absolute Gasteiger partial charge is 0.296 e. The van der Waals surface area contributed by atoms with Gasteiger partial charge in [-0.05, 0) is 6.42 Å². The standard InChI is InChI=1S/C12H14N2O4S/c1-7-2-8(5-19-7)13-9-3-11-12(18-6-17-11)4-10(9)14(15)16/h3-4,7-8,13H,2,5-6H2,1H3. The van der Waals surface area contributed by atoms with E-state index >= 15 is 0 Å². The zero-order chi connectivity index (χ0) is 13.4. The van der Waals surface area contributed by atoms with Gasteiger partial charge in [0.25, 0.3) is 5.69 Å². The third-order valence-corrected chi connectivity index (χ3v) is 4.60. The largest absolute Gasteiger partial charge is 0.454 e. The van der Waals surface area contributed by atoms with Crippen molar-refractivity contribution in [2.45, 2.75) is 24.6 Å². The second kappa shape index (κ2) is 4.80. The molecule has 0 amide bonds. The van der Waals surface area contributed by atoms with E-state index in [1.807, 2.05) is 11.8 Å². The van der Waals surface area contributed by atoms with E-state index in [2.05, 4.69) is 12.2 Å². The number of benzene rings is 1. The summed E-state index contributed by atoms with van der Waals surface area (Å²) in [5, 5.41) is 15.0. The van der Waals surface area contributed by atoms with E-state index in [9.17, 15) is 10.1 Å². The Hall–Kier alpha value is -1.63. The first-order valence-corrected chi connectivity index (χ1v) is 7.14. The molecule has 7 heteroatoms. The fourth-order valence-electron chi connectivity index (χ4n) is 2.34. The van der Waals surface area contributed by atoms with Gasteiger partial charge in [0, 0.05) is 23.1 Å². The first-order valence-electron chi connectivity index (χ1n) is 6.09. The Labute approximate surface area is 114 Å². The van der Waals surface area contributed by atoms with E-state index in [1.54, 1.807) is 6.07 Å². The van der Waals surface area contributed by atoms with Crippen molar-refractivity contribution in [2.75, 3.05) is 17.9 Å². The van der Waals surface area contributed by atoms with E-state index in [-0.39, 0.29) is 18.5 Å². The van der Waals surface area contributed by atoms with E-state index in [4.69, 9.17) is 9.47 Å². The predicted octanol–water partition coefficient (Wildman–Crippen LogP) is 2.63. The van der Waals surface area contributed by atoms with Gasteiger partial charge in [-0.15, -0.1) is 0 Å². The number of nitro benzene ring substituents is 1. The fourth-order valence-corrected chi connectivity index (χ4v) is 3.48. The number of ether oxygens (including phenoxy) is 2. The summed E-state index contributed by atoms with van der Waals surface area (Å²) in [5.74, 6) is 1.96. The number of nitro groups is 1. The molecule has 0 radical (unpaired) electrons. The lowest BCUT2D eigenvalue weighted by Gasteiger charge is -2.13. The van der Waals surface area contributed by atoms with Crippen LogP contribution < -0.4 is 14.8 Å². The second-order valence-electron chi connectivity index (χ2n) is 4.70. The molecule has 1 aromatic carbocycles. The number of rotatable bonds is 3. The summed E-state index contributed by atoms with van der Waals surface area (Å²) in [6, 6.07) is 3.35. The fraction of sp³-hybridized carbons (Fsp3) is 0.500. The first-order chi connectivity index (χ1) is 9.13. The minimum atomic E-state index is -0.393. The summed E-state index contributed by atoms with van der Waals surface area (Å²) in [6.07, 6.45) is 1.01. The van der Waals surface area contributed by atoms with Crippen LogP contribution >= 0.6 is 11.8 Å². The van der Waals surface area contributed by atoms with Gasteiger partial charge in [0.15, 0.2) is 11.5 Å². The molecular weight excluding hydrogens is 268 g/mol. The van der Waals surface area contributed by atoms with Gasteiger partial charge in [-0.1, -0.05) is 6.92 Å². The van der Waals surface area contributed by atoms with Crippen LogP contribution in [0.2, 0.25) is 0 Å². The molecule has 102 valence electrons. The molecule has 0 aliphatic carbocycles. The maximum atomic E-state index is 11.1. The van der Waals surface area contributed by atoms with Crippen LogP contribution in [0.3, 0.4) is 0 Å². The first kappa shape index (κ1) is 12.4. The summed E-state index contributed by atoms with van der Waals surface area (Å²) in [4.78, 5) is 10.7. The van der Waals surface area contributed by atoms with Crippen LogP contribution in [-0.4, -0.2) is 28.8 Å². The molecule has 1 N–H and O–H groups in total. The zero-order valence-electron chi connectivity index (χ0n) is 10.4. The molecule has 0 bridgehead atoms. The Morgan fingerprint density at radius 2 is 2.16 bits per heavy atom. The highest BCUT2D eigenvalue weighted by Gasteiger charge is 2.27. The van der Waals surface area contributed by atoms with Crippen LogP contribution in [0.15, 0.2) is 12.1 Å². The van der Waals surface area contributed by atoms with Gasteiger partial charge in [-0.25, -0.2) is 0 Å². The van der Waals surface area contributed by atoms with Gasteiger partial charge in [-0.3, -0.25) is 10.1 Å². The number of fused-ring (bicyclic) bond motifs is 1. The third kappa shape index (κ3) is 2.42. The van der Waals surface area contributed by atoms with Gasteiger partial charge >= 0.3 is 0 Å². The lowest BCUT2D eigenvalue weighted by atomic mass is 10.1. The van der Waals surface area contributed by atoms with Gasteiger partial charge in [0.2, 0.25) is 6.79 Å². The zero-order valence-corrected chi connectivity index (χ0v) is 11.2. The van der Waals surface area contributed by atoms with E-state index in [0.717, 1.165) is 12.2 Å². The number of hydrogen-bond acceptors (Lipinski definition) is 6. The molecule has 1 fully saturated rings. The molecule has 2 heterocycles. The molecule has 6 nitrogen and oxygen atoms in total. The SMILES string of the molecule is CC1CC(Nc2cc3c(cc2[N+](=O)[O-])OCO3)CS1. The molecule has 0 saturated carbocycles. The maximum Gasteiger partial charge on any atom is 0.296 e. The monoisotopic (exact) mass is 282 g/mol. The van der Waals surface area contributed by atoms with E-state index < -0.39 is 4.92 Å². The van der Waals surface area contributed by atoms with Gasteiger partial charge < -0.3 is 14.8 Å². The van der Waals surface area contributed by atoms with Crippen LogP contribution in [0.5, 0.6) is 11.5 Å². The minimum absolute atomic E-state index is 0.0359. The average Bonchev–Trinajstić information content (AvgIpc) is 2.96. The van der Waals surface area contributed by atoms with Crippen molar-refractivity contribution < 1.29 is 14.4 Å². The predicted molar refractivity (Wildman–Crippen MR) is 73.2 cm³/mol. The van der Waals surface area contributed by atoms with E-state index in [1.165, 1.54) is 6.07 Å². The van der Waals surface area contributed by atoms with Gasteiger partial charge in [0.05, 0.1) is 11.0 Å². The topological polar surface area (TPSA) is 73.6 Å². The van der Waals surface area contributed by atoms with Gasteiger partial charge in [0.1, 0.15) is 5.69 Å². The molecule has 3 rings (SSSR count). The van der Waals surface area contributed by atoms with E-state index in [0.29, 0.717) is 22.4 Å². The number of anilines is 1. The Balaban J connectivity index is 1.88. The molecule has 2 aliphatic rings. The van der Waals surface area contributed by atoms with Gasteiger partial charge in [-0.2, -0.15) is 11.8 Å². The molecule has 2 unspecified atom stereocenters. The van der Waals surface area contributed by atoms with Crippen molar-refractivity contribution >= 4 is 23.1 Å². The highest BCUT2D eigenvalue weighted by atomic mass is 32.2. The summed E-state index contributed by atoms with van der Waals surface area (Å²) in [6.45, 7) is 2.28. The molecule has 2 aliphatic heterocycles. The quantitative estimate of drug-likeness (QED) is 0.678. The third-order valence-electron chi connectivity index (χ3n) is 3.25. The molecule has 19 heavy (non-hydrogen) atoms.